The quantitative estimate of drug-likeness (QED) is 0.461. The van der Waals surface area contributed by atoms with Gasteiger partial charge in [0.15, 0.2) is 0 Å². The van der Waals surface area contributed by atoms with Crippen molar-refractivity contribution in [3.63, 3.8) is 0 Å². The van der Waals surface area contributed by atoms with E-state index in [1.54, 1.807) is 13.1 Å². The molecule has 2 saturated heterocycles. The zero-order valence-electron chi connectivity index (χ0n) is 20.6. The van der Waals surface area contributed by atoms with E-state index in [1.807, 2.05) is 30.3 Å². The Morgan fingerprint density at radius 2 is 1.83 bits per heavy atom. The molecule has 5 rings (SSSR count). The molecule has 2 atom stereocenters. The second kappa shape index (κ2) is 9.97. The first-order valence-electron chi connectivity index (χ1n) is 12.4. The lowest BCUT2D eigenvalue weighted by molar-refractivity contribution is 0.476. The van der Waals surface area contributed by atoms with Gasteiger partial charge in [-0.25, -0.2) is 14.4 Å². The molecule has 3 aromatic rings. The van der Waals surface area contributed by atoms with E-state index in [4.69, 9.17) is 21.6 Å². The maximum atomic E-state index is 14.0. The van der Waals surface area contributed by atoms with Gasteiger partial charge >= 0.3 is 0 Å². The summed E-state index contributed by atoms with van der Waals surface area (Å²) in [4.78, 5) is 21.4. The van der Waals surface area contributed by atoms with Crippen LogP contribution in [0.2, 0.25) is 5.02 Å². The van der Waals surface area contributed by atoms with E-state index in [0.29, 0.717) is 16.6 Å². The maximum absolute atomic E-state index is 14.0. The number of piperazine rings is 1. The molecule has 8 heteroatoms. The molecule has 35 heavy (non-hydrogen) atoms. The third kappa shape index (κ3) is 4.92. The van der Waals surface area contributed by atoms with Crippen LogP contribution in [0.25, 0.3) is 11.3 Å². The van der Waals surface area contributed by atoms with Crippen LogP contribution in [-0.4, -0.2) is 53.2 Å². The van der Waals surface area contributed by atoms with Crippen molar-refractivity contribution in [1.82, 2.24) is 15.0 Å². The van der Waals surface area contributed by atoms with Gasteiger partial charge in [-0.1, -0.05) is 11.6 Å². The van der Waals surface area contributed by atoms with Crippen LogP contribution in [-0.2, 0) is 0 Å². The predicted molar refractivity (Wildman–Crippen MR) is 141 cm³/mol. The molecule has 0 N–H and O–H groups in total. The molecule has 2 aromatic heterocycles. The summed E-state index contributed by atoms with van der Waals surface area (Å²) in [7, 11) is 0. The molecule has 2 fully saturated rings. The first kappa shape index (κ1) is 23.8. The van der Waals surface area contributed by atoms with Crippen molar-refractivity contribution in [2.24, 2.45) is 0 Å². The molecule has 2 aliphatic rings. The van der Waals surface area contributed by atoms with Crippen LogP contribution in [0.1, 0.15) is 38.7 Å². The first-order chi connectivity index (χ1) is 16.9. The highest BCUT2D eigenvalue weighted by Gasteiger charge is 2.29. The standard InChI is InChI=1S/C27H32ClFN6/c1-18-15-21(9-10-23(18)29)24-16-25(32-27(31-24)35-12-5-4-7-19(35)2)34-14-13-33(17-20(34)3)26-22(28)8-6-11-30-26/h6,8-11,15-16,19-20H,4-5,7,12-14,17H2,1-3H3/t19?,20-/m1/s1. The number of piperidine rings is 1. The largest absolute Gasteiger partial charge is 0.352 e. The zero-order chi connectivity index (χ0) is 24.5. The van der Waals surface area contributed by atoms with Crippen molar-refractivity contribution < 1.29 is 4.39 Å². The number of hydrogen-bond acceptors (Lipinski definition) is 6. The van der Waals surface area contributed by atoms with Crippen LogP contribution in [0.4, 0.5) is 22.0 Å². The SMILES string of the molecule is Cc1cc(-c2cc(N3CCN(c4ncccc4Cl)C[C@H]3C)nc(N3CCCCC3C)n2)ccc1F. The average Bonchev–Trinajstić information content (AvgIpc) is 2.86. The lowest BCUT2D eigenvalue weighted by atomic mass is 10.0. The number of anilines is 3. The highest BCUT2D eigenvalue weighted by Crippen LogP contribution is 2.32. The van der Waals surface area contributed by atoms with Crippen LogP contribution in [0, 0.1) is 12.7 Å². The number of benzene rings is 1. The number of halogens is 2. The number of hydrogen-bond donors (Lipinski definition) is 0. The number of aryl methyl sites for hydroxylation is 1. The predicted octanol–water partition coefficient (Wildman–Crippen LogP) is 5.73. The molecule has 0 saturated carbocycles. The molecule has 1 aromatic carbocycles. The molecule has 0 bridgehead atoms. The second-order valence-electron chi connectivity index (χ2n) is 9.71. The summed E-state index contributed by atoms with van der Waals surface area (Å²) in [6, 6.07) is 11.6. The van der Waals surface area contributed by atoms with Gasteiger partial charge in [0.05, 0.1) is 10.7 Å². The highest BCUT2D eigenvalue weighted by molar-refractivity contribution is 6.32. The fraction of sp³-hybridized carbons (Fsp3) is 0.444. The third-order valence-electron chi connectivity index (χ3n) is 7.17. The van der Waals surface area contributed by atoms with Gasteiger partial charge in [0.1, 0.15) is 17.5 Å². The van der Waals surface area contributed by atoms with E-state index in [9.17, 15) is 4.39 Å². The molecule has 184 valence electrons. The fourth-order valence-electron chi connectivity index (χ4n) is 5.15. The van der Waals surface area contributed by atoms with E-state index >= 15 is 0 Å². The summed E-state index contributed by atoms with van der Waals surface area (Å²) < 4.78 is 14.0. The molecule has 6 nitrogen and oxygen atoms in total. The minimum absolute atomic E-state index is 0.200. The number of aromatic nitrogens is 3. The van der Waals surface area contributed by atoms with Crippen molar-refractivity contribution in [2.75, 3.05) is 40.9 Å². The van der Waals surface area contributed by atoms with E-state index < -0.39 is 0 Å². The van der Waals surface area contributed by atoms with Gasteiger partial charge in [-0.2, -0.15) is 4.98 Å². The van der Waals surface area contributed by atoms with E-state index in [1.165, 1.54) is 12.5 Å². The smallest absolute Gasteiger partial charge is 0.228 e. The minimum atomic E-state index is -0.203. The van der Waals surface area contributed by atoms with Crippen LogP contribution >= 0.6 is 11.6 Å². The Bertz CT molecular complexity index is 1200. The van der Waals surface area contributed by atoms with Crippen LogP contribution in [0.3, 0.4) is 0 Å². The normalized spacial score (nSPS) is 20.9. The minimum Gasteiger partial charge on any atom is -0.352 e. The summed E-state index contributed by atoms with van der Waals surface area (Å²) in [6.07, 6.45) is 5.30. The van der Waals surface area contributed by atoms with Gasteiger partial charge < -0.3 is 14.7 Å². The van der Waals surface area contributed by atoms with E-state index in [-0.39, 0.29) is 11.9 Å². The molecule has 0 amide bonds. The number of nitrogens with zero attached hydrogens (tertiary/aromatic N) is 6. The van der Waals surface area contributed by atoms with Crippen molar-refractivity contribution in [1.29, 1.82) is 0 Å². The zero-order valence-corrected chi connectivity index (χ0v) is 21.3. The third-order valence-corrected chi connectivity index (χ3v) is 7.47. The lowest BCUT2D eigenvalue weighted by Gasteiger charge is -2.42. The molecular weight excluding hydrogens is 463 g/mol. The monoisotopic (exact) mass is 494 g/mol. The van der Waals surface area contributed by atoms with Gasteiger partial charge in [-0.15, -0.1) is 0 Å². The topological polar surface area (TPSA) is 48.4 Å². The van der Waals surface area contributed by atoms with E-state index in [0.717, 1.165) is 67.9 Å². The highest BCUT2D eigenvalue weighted by atomic mass is 35.5. The summed E-state index contributed by atoms with van der Waals surface area (Å²) in [5.41, 5.74) is 2.35. The Morgan fingerprint density at radius 1 is 0.971 bits per heavy atom. The molecule has 0 spiro atoms. The summed E-state index contributed by atoms with van der Waals surface area (Å²) in [5, 5.41) is 0.672. The Balaban J connectivity index is 1.49. The molecule has 1 unspecified atom stereocenters. The lowest BCUT2D eigenvalue weighted by Crippen LogP contribution is -2.53. The Hall–Kier alpha value is -2.93. The van der Waals surface area contributed by atoms with Crippen molar-refractivity contribution in [3.05, 3.63) is 59.0 Å². The average molecular weight is 495 g/mol. The van der Waals surface area contributed by atoms with Crippen LogP contribution in [0.5, 0.6) is 0 Å². The number of pyridine rings is 1. The molecule has 0 aliphatic carbocycles. The van der Waals surface area contributed by atoms with Gasteiger partial charge in [0, 0.05) is 56.1 Å². The molecular formula is C27H32ClFN6. The van der Waals surface area contributed by atoms with Gasteiger partial charge in [0.25, 0.3) is 0 Å². The van der Waals surface area contributed by atoms with Gasteiger partial charge in [-0.05, 0) is 75.9 Å². The molecule has 0 radical (unpaired) electrons. The fourth-order valence-corrected chi connectivity index (χ4v) is 5.39. The summed E-state index contributed by atoms with van der Waals surface area (Å²) >= 11 is 6.42. The van der Waals surface area contributed by atoms with E-state index in [2.05, 4.69) is 33.5 Å². The number of rotatable bonds is 4. The molecule has 4 heterocycles. The van der Waals surface area contributed by atoms with Crippen LogP contribution in [0.15, 0.2) is 42.6 Å². The Morgan fingerprint density at radius 3 is 2.57 bits per heavy atom. The first-order valence-corrected chi connectivity index (χ1v) is 12.8. The van der Waals surface area contributed by atoms with Gasteiger partial charge in [-0.3, -0.25) is 0 Å². The van der Waals surface area contributed by atoms with Crippen LogP contribution < -0.4 is 14.7 Å². The Labute approximate surface area is 211 Å². The van der Waals surface area contributed by atoms with Crippen molar-refractivity contribution in [3.8, 4) is 11.3 Å². The summed E-state index contributed by atoms with van der Waals surface area (Å²) in [6.45, 7) is 9.58. The molecule has 2 aliphatic heterocycles. The maximum Gasteiger partial charge on any atom is 0.228 e. The summed E-state index contributed by atoms with van der Waals surface area (Å²) in [5.74, 6) is 2.29. The van der Waals surface area contributed by atoms with Gasteiger partial charge in [0.2, 0.25) is 5.95 Å². The van der Waals surface area contributed by atoms with Crippen molar-refractivity contribution >= 4 is 29.2 Å². The second-order valence-corrected chi connectivity index (χ2v) is 10.1. The van der Waals surface area contributed by atoms with Crippen molar-refractivity contribution in [2.45, 2.75) is 52.1 Å². The Kier molecular flexibility index (Phi) is 6.78.